The molecule has 8 heteroatoms. The SMILES string of the molecule is CCCCCCCCN(CCCCCCCC)C1OC(C2=C(O)C(=C3OC(=[N+](CCCCCCCC)CCCCCCCC)N=C3C)C2=O)=C(C)S1. The molecule has 2 aliphatic heterocycles. The summed E-state index contributed by atoms with van der Waals surface area (Å²) in [5, 5.41) is 11.4. The number of unbranched alkanes of at least 4 members (excludes halogenated alkanes) is 20. The van der Waals surface area contributed by atoms with Gasteiger partial charge in [0.15, 0.2) is 11.5 Å². The molecule has 3 rings (SSSR count). The first-order chi connectivity index (χ1) is 25.4. The van der Waals surface area contributed by atoms with Crippen LogP contribution in [-0.4, -0.2) is 63.8 Å². The minimum atomic E-state index is -0.212. The molecule has 0 saturated carbocycles. The Hall–Kier alpha value is -2.06. The standard InChI is InChI=1S/C44H75N3O4S/c1-7-11-15-19-23-27-31-46(32-28-24-20-16-12-8-2)43-45-35(5)41(50-43)37-39(48)38(40(37)49)42-36(6)52-44(51-42)47(33-29-25-21-17-13-9-3)34-30-26-22-18-14-10-4/h44H,7-34H2,1-6H3/p+1. The third-order valence-electron chi connectivity index (χ3n) is 10.7. The number of aliphatic hydroxyl groups is 1. The van der Waals surface area contributed by atoms with Gasteiger partial charge in [-0.25, -0.2) is 4.58 Å². The van der Waals surface area contributed by atoms with E-state index in [1.165, 1.54) is 128 Å². The summed E-state index contributed by atoms with van der Waals surface area (Å²) in [7, 11) is 0. The number of nitrogens with zero attached hydrogens (tertiary/aromatic N) is 3. The summed E-state index contributed by atoms with van der Waals surface area (Å²) in [6, 6.07) is 0.569. The van der Waals surface area contributed by atoms with E-state index < -0.39 is 0 Å². The molecule has 1 unspecified atom stereocenters. The van der Waals surface area contributed by atoms with Gasteiger partial charge in [-0.2, -0.15) is 0 Å². The fourth-order valence-electron chi connectivity index (χ4n) is 7.35. The number of allylic oxidation sites excluding steroid dienone is 4. The zero-order valence-corrected chi connectivity index (χ0v) is 35.1. The minimum absolute atomic E-state index is 0.0248. The van der Waals surface area contributed by atoms with Crippen LogP contribution >= 0.6 is 11.8 Å². The van der Waals surface area contributed by atoms with Crippen molar-refractivity contribution in [3.8, 4) is 0 Å². The highest BCUT2D eigenvalue weighted by molar-refractivity contribution is 8.03. The Kier molecular flexibility index (Phi) is 22.1. The molecule has 0 aromatic heterocycles. The molecule has 1 atom stereocenters. The molecule has 7 nitrogen and oxygen atoms in total. The molecule has 0 aromatic rings. The van der Waals surface area contributed by atoms with E-state index in [-0.39, 0.29) is 28.2 Å². The molecule has 1 N–H and O–H groups in total. The summed E-state index contributed by atoms with van der Waals surface area (Å²) in [4.78, 5) is 22.0. The van der Waals surface area contributed by atoms with Gasteiger partial charge in [0.25, 0.3) is 0 Å². The molecule has 52 heavy (non-hydrogen) atoms. The highest BCUT2D eigenvalue weighted by Crippen LogP contribution is 2.46. The van der Waals surface area contributed by atoms with E-state index in [0.717, 1.165) is 56.8 Å². The maximum atomic E-state index is 13.8. The number of aliphatic imine (C=N–C) groups is 1. The van der Waals surface area contributed by atoms with Crippen LogP contribution in [0, 0.1) is 0 Å². The zero-order valence-electron chi connectivity index (χ0n) is 34.3. The molecule has 0 saturated heterocycles. The minimum Gasteiger partial charge on any atom is -0.506 e. The van der Waals surface area contributed by atoms with Crippen LogP contribution in [0.3, 0.4) is 0 Å². The molecule has 0 amide bonds. The molecule has 2 heterocycles. The van der Waals surface area contributed by atoms with Crippen molar-refractivity contribution in [3.63, 3.8) is 0 Å². The summed E-state index contributed by atoms with van der Waals surface area (Å²) >= 11 is 1.68. The van der Waals surface area contributed by atoms with Gasteiger partial charge in [-0.05, 0) is 50.4 Å². The molecular weight excluding hydrogens is 667 g/mol. The lowest BCUT2D eigenvalue weighted by atomic mass is 9.85. The van der Waals surface area contributed by atoms with Crippen molar-refractivity contribution in [3.05, 3.63) is 33.3 Å². The van der Waals surface area contributed by atoms with Crippen molar-refractivity contribution in [1.82, 2.24) is 4.90 Å². The topological polar surface area (TPSA) is 74.4 Å². The van der Waals surface area contributed by atoms with E-state index in [0.29, 0.717) is 23.3 Å². The normalized spacial score (nSPS) is 18.8. The predicted octanol–water partition coefficient (Wildman–Crippen LogP) is 12.5. The second-order valence-corrected chi connectivity index (χ2v) is 16.6. The van der Waals surface area contributed by atoms with Gasteiger partial charge in [0.2, 0.25) is 11.3 Å². The smallest absolute Gasteiger partial charge is 0.499 e. The lowest BCUT2D eigenvalue weighted by Crippen LogP contribution is -2.36. The maximum absolute atomic E-state index is 13.8. The highest BCUT2D eigenvalue weighted by Gasteiger charge is 2.47. The number of hydrogen-bond donors (Lipinski definition) is 1. The number of rotatable bonds is 30. The molecule has 296 valence electrons. The molecule has 0 spiro atoms. The quantitative estimate of drug-likeness (QED) is 0.0449. The van der Waals surface area contributed by atoms with Gasteiger partial charge >= 0.3 is 6.02 Å². The molecule has 0 aromatic carbocycles. The van der Waals surface area contributed by atoms with Crippen molar-refractivity contribution in [1.29, 1.82) is 0 Å². The Morgan fingerprint density at radius 3 is 1.54 bits per heavy atom. The van der Waals surface area contributed by atoms with Crippen LogP contribution in [0.15, 0.2) is 38.3 Å². The first-order valence-corrected chi connectivity index (χ1v) is 22.6. The van der Waals surface area contributed by atoms with Gasteiger partial charge < -0.3 is 14.6 Å². The lowest BCUT2D eigenvalue weighted by molar-refractivity contribution is -0.537. The number of hydrogen-bond acceptors (Lipinski definition) is 6. The number of ether oxygens (including phenoxy) is 2. The maximum Gasteiger partial charge on any atom is 0.499 e. The van der Waals surface area contributed by atoms with Crippen molar-refractivity contribution < 1.29 is 24.0 Å². The van der Waals surface area contributed by atoms with E-state index in [4.69, 9.17) is 14.5 Å². The van der Waals surface area contributed by atoms with Crippen LogP contribution in [0.5, 0.6) is 0 Å². The number of carbonyl (C=O) groups is 1. The van der Waals surface area contributed by atoms with E-state index >= 15 is 0 Å². The molecule has 1 aliphatic carbocycles. The third-order valence-corrected chi connectivity index (χ3v) is 11.8. The van der Waals surface area contributed by atoms with Crippen molar-refractivity contribution in [2.45, 2.75) is 201 Å². The lowest BCUT2D eigenvalue weighted by Gasteiger charge is -2.29. The monoisotopic (exact) mass is 743 g/mol. The number of aliphatic hydroxyl groups excluding tert-OH is 1. The molecular formula is C44H76N3O4S+. The van der Waals surface area contributed by atoms with Gasteiger partial charge in [0.1, 0.15) is 22.7 Å². The second-order valence-electron chi connectivity index (χ2n) is 15.4. The Bertz CT molecular complexity index is 1220. The second kappa shape index (κ2) is 25.9. The van der Waals surface area contributed by atoms with Crippen LogP contribution in [0.1, 0.15) is 196 Å². The average molecular weight is 743 g/mol. The van der Waals surface area contributed by atoms with Crippen molar-refractivity contribution in [2.24, 2.45) is 4.99 Å². The first kappa shape index (κ1) is 44.3. The van der Waals surface area contributed by atoms with Gasteiger partial charge in [-0.1, -0.05) is 155 Å². The summed E-state index contributed by atoms with van der Waals surface area (Å²) in [5.41, 5.74) is 0.998. The number of ketones is 1. The Morgan fingerprint density at radius 2 is 1.08 bits per heavy atom. The van der Waals surface area contributed by atoms with E-state index in [9.17, 15) is 9.90 Å². The zero-order chi connectivity index (χ0) is 37.6. The average Bonchev–Trinajstić information content (AvgIpc) is 3.70. The van der Waals surface area contributed by atoms with Crippen LogP contribution in [-0.2, 0) is 14.3 Å². The fraction of sp³-hybridized carbons (Fsp3) is 0.795. The van der Waals surface area contributed by atoms with E-state index in [1.807, 2.05) is 13.8 Å². The Morgan fingerprint density at radius 1 is 0.635 bits per heavy atom. The van der Waals surface area contributed by atoms with E-state index in [1.54, 1.807) is 11.8 Å². The highest BCUT2D eigenvalue weighted by atomic mass is 32.2. The van der Waals surface area contributed by atoms with E-state index in [2.05, 4.69) is 37.2 Å². The van der Waals surface area contributed by atoms with Crippen LogP contribution in [0.2, 0.25) is 0 Å². The van der Waals surface area contributed by atoms with Gasteiger partial charge in [-0.15, -0.1) is 0 Å². The van der Waals surface area contributed by atoms with Gasteiger partial charge in [0.05, 0.1) is 13.1 Å². The largest absolute Gasteiger partial charge is 0.506 e. The Balaban J connectivity index is 1.70. The summed E-state index contributed by atoms with van der Waals surface area (Å²) in [6.45, 7) is 16.7. The number of Topliss-reactive ketones (excluding diaryl/α,β-unsaturated/α-hetero) is 1. The molecule has 0 radical (unpaired) electrons. The van der Waals surface area contributed by atoms with Crippen molar-refractivity contribution in [2.75, 3.05) is 26.2 Å². The number of carbonyl (C=O) groups excluding carboxylic acids is 1. The summed E-state index contributed by atoms with van der Waals surface area (Å²) < 4.78 is 15.2. The van der Waals surface area contributed by atoms with Crippen LogP contribution in [0.4, 0.5) is 0 Å². The third kappa shape index (κ3) is 14.3. The van der Waals surface area contributed by atoms with Gasteiger partial charge in [0, 0.05) is 24.9 Å². The molecule has 0 bridgehead atoms. The van der Waals surface area contributed by atoms with Gasteiger partial charge in [-0.3, -0.25) is 9.69 Å². The van der Waals surface area contributed by atoms with Crippen LogP contribution in [0.25, 0.3) is 0 Å². The number of amidine groups is 1. The summed E-state index contributed by atoms with van der Waals surface area (Å²) in [6.07, 6.45) is 29.9. The predicted molar refractivity (Wildman–Crippen MR) is 221 cm³/mol. The summed E-state index contributed by atoms with van der Waals surface area (Å²) in [5.74, 6) is 0.687. The van der Waals surface area contributed by atoms with Crippen molar-refractivity contribution >= 4 is 29.3 Å². The Labute approximate surface area is 322 Å². The molecule has 3 aliphatic rings. The van der Waals surface area contributed by atoms with Crippen LogP contribution < -0.4 is 0 Å². The fourth-order valence-corrected chi connectivity index (χ4v) is 8.42. The first-order valence-electron chi connectivity index (χ1n) is 21.7. The molecule has 0 fully saturated rings. The number of thioether (sulfide) groups is 1.